The molecule has 2 rings (SSSR count). The first kappa shape index (κ1) is 15.5. The zero-order valence-corrected chi connectivity index (χ0v) is 12.4. The van der Waals surface area contributed by atoms with Gasteiger partial charge in [0.05, 0.1) is 18.9 Å². The van der Waals surface area contributed by atoms with Crippen molar-refractivity contribution < 1.29 is 9.53 Å². The van der Waals surface area contributed by atoms with Gasteiger partial charge >= 0.3 is 0 Å². The zero-order valence-electron chi connectivity index (χ0n) is 12.4. The summed E-state index contributed by atoms with van der Waals surface area (Å²) in [4.78, 5) is 22.3. The second-order valence-electron chi connectivity index (χ2n) is 5.65. The van der Waals surface area contributed by atoms with E-state index < -0.39 is 11.0 Å². The van der Waals surface area contributed by atoms with E-state index in [-0.39, 0.29) is 5.95 Å². The molecule has 2 heterocycles. The van der Waals surface area contributed by atoms with Crippen molar-refractivity contribution in [2.45, 2.75) is 19.4 Å². The number of nitrogen functional groups attached to an aromatic ring is 1. The Hall–Kier alpha value is -1.86. The van der Waals surface area contributed by atoms with Gasteiger partial charge in [0.15, 0.2) is 0 Å². The number of nitrogens with one attached hydrogen (secondary N) is 1. The molecule has 1 atom stereocenters. The Morgan fingerprint density at radius 1 is 1.43 bits per heavy atom. The van der Waals surface area contributed by atoms with Crippen molar-refractivity contribution >= 4 is 18.4 Å². The first-order valence-corrected chi connectivity index (χ1v) is 6.87. The van der Waals surface area contributed by atoms with Gasteiger partial charge in [0, 0.05) is 30.9 Å². The number of hydrogen-bond donors (Lipinski definition) is 2. The third-order valence-corrected chi connectivity index (χ3v) is 4.09. The number of anilines is 1. The summed E-state index contributed by atoms with van der Waals surface area (Å²) < 4.78 is 5.37. The van der Waals surface area contributed by atoms with E-state index in [1.54, 1.807) is 6.07 Å². The molecule has 21 heavy (non-hydrogen) atoms. The van der Waals surface area contributed by atoms with Crippen molar-refractivity contribution in [3.63, 3.8) is 0 Å². The van der Waals surface area contributed by atoms with E-state index in [1.807, 2.05) is 18.7 Å². The van der Waals surface area contributed by atoms with Crippen molar-refractivity contribution in [3.8, 4) is 0 Å². The molecule has 0 bridgehead atoms. The molecule has 1 aromatic heterocycles. The maximum atomic E-state index is 12.2. The molecule has 0 aromatic carbocycles. The van der Waals surface area contributed by atoms with Crippen LogP contribution in [0.25, 0.3) is 0 Å². The quantitative estimate of drug-likeness (QED) is 0.603. The van der Waals surface area contributed by atoms with Gasteiger partial charge in [-0.3, -0.25) is 4.90 Å². The zero-order chi connectivity index (χ0) is 15.5. The minimum absolute atomic E-state index is 0.118. The Morgan fingerprint density at radius 3 is 2.62 bits per heavy atom. The minimum atomic E-state index is -1.06. The van der Waals surface area contributed by atoms with Gasteiger partial charge in [-0.2, -0.15) is 0 Å². The van der Waals surface area contributed by atoms with Crippen LogP contribution in [-0.4, -0.2) is 53.7 Å². The molecule has 1 aromatic rings. The second kappa shape index (κ2) is 5.87. The van der Waals surface area contributed by atoms with Crippen molar-refractivity contribution in [2.75, 3.05) is 32.0 Å². The standard InChI is InChI=1S/C14H21N5O2/c1-13(2,9-15)14(10-20,19-5-7-21-8-6-19)11-3-4-17-12(16)18-11/h3-4,9-10,15H,5-8H2,1-2H3,(H2,16,17,18). The van der Waals surface area contributed by atoms with Crippen LogP contribution >= 0.6 is 0 Å². The van der Waals surface area contributed by atoms with E-state index in [1.165, 1.54) is 12.4 Å². The lowest BCUT2D eigenvalue weighted by Crippen LogP contribution is -2.60. The van der Waals surface area contributed by atoms with Crippen molar-refractivity contribution in [2.24, 2.45) is 5.41 Å². The molecule has 0 aliphatic carbocycles. The topological polar surface area (TPSA) is 105 Å². The second-order valence-corrected chi connectivity index (χ2v) is 5.65. The average molecular weight is 291 g/mol. The van der Waals surface area contributed by atoms with E-state index in [0.717, 1.165) is 6.29 Å². The van der Waals surface area contributed by atoms with Gasteiger partial charge in [-0.05, 0) is 6.07 Å². The maximum absolute atomic E-state index is 12.2. The summed E-state index contributed by atoms with van der Waals surface area (Å²) in [5.74, 6) is 0.118. The Balaban J connectivity index is 2.61. The molecule has 1 fully saturated rings. The van der Waals surface area contributed by atoms with E-state index in [2.05, 4.69) is 9.97 Å². The van der Waals surface area contributed by atoms with Crippen LogP contribution in [0.2, 0.25) is 0 Å². The summed E-state index contributed by atoms with van der Waals surface area (Å²) in [5, 5.41) is 7.77. The number of carbonyl (C=O) groups is 1. The lowest BCUT2D eigenvalue weighted by atomic mass is 9.70. The largest absolute Gasteiger partial charge is 0.379 e. The number of aromatic nitrogens is 2. The molecule has 1 aliphatic rings. The highest BCUT2D eigenvalue weighted by Gasteiger charge is 2.51. The Morgan fingerprint density at radius 2 is 2.10 bits per heavy atom. The monoisotopic (exact) mass is 291 g/mol. The van der Waals surface area contributed by atoms with Gasteiger partial charge < -0.3 is 20.7 Å². The van der Waals surface area contributed by atoms with Crippen LogP contribution < -0.4 is 5.73 Å². The van der Waals surface area contributed by atoms with E-state index in [4.69, 9.17) is 15.9 Å². The maximum Gasteiger partial charge on any atom is 0.220 e. The van der Waals surface area contributed by atoms with Crippen LogP contribution in [-0.2, 0) is 15.1 Å². The third kappa shape index (κ3) is 2.54. The molecule has 0 spiro atoms. The summed E-state index contributed by atoms with van der Waals surface area (Å²) in [6, 6.07) is 1.69. The fourth-order valence-corrected chi connectivity index (χ4v) is 2.80. The van der Waals surface area contributed by atoms with Gasteiger partial charge in [-0.1, -0.05) is 13.8 Å². The van der Waals surface area contributed by atoms with Crippen LogP contribution in [0, 0.1) is 10.8 Å². The molecule has 1 aliphatic heterocycles. The summed E-state index contributed by atoms with van der Waals surface area (Å²) in [5.41, 5.74) is 4.40. The number of nitrogens with zero attached hydrogens (tertiary/aromatic N) is 3. The van der Waals surface area contributed by atoms with Gasteiger partial charge in [0.2, 0.25) is 5.95 Å². The smallest absolute Gasteiger partial charge is 0.220 e. The highest BCUT2D eigenvalue weighted by molar-refractivity contribution is 5.78. The van der Waals surface area contributed by atoms with E-state index in [0.29, 0.717) is 32.0 Å². The number of carbonyl (C=O) groups excluding carboxylic acids is 1. The van der Waals surface area contributed by atoms with Crippen molar-refractivity contribution in [1.82, 2.24) is 14.9 Å². The number of nitrogens with two attached hydrogens (primary N) is 1. The highest BCUT2D eigenvalue weighted by Crippen LogP contribution is 2.41. The lowest BCUT2D eigenvalue weighted by Gasteiger charge is -2.49. The summed E-state index contributed by atoms with van der Waals surface area (Å²) in [6.07, 6.45) is 3.69. The Labute approximate surface area is 124 Å². The number of rotatable bonds is 5. The number of ether oxygens (including phenoxy) is 1. The first-order valence-electron chi connectivity index (χ1n) is 6.87. The predicted molar refractivity (Wildman–Crippen MR) is 79.1 cm³/mol. The Kier molecular flexibility index (Phi) is 4.34. The SMILES string of the molecule is CC(C)(C=N)C(C=O)(c1ccnc(N)n1)N1CCOCC1. The molecule has 1 unspecified atom stereocenters. The van der Waals surface area contributed by atoms with Crippen molar-refractivity contribution in [1.29, 1.82) is 5.41 Å². The molecule has 3 N–H and O–H groups in total. The third-order valence-electron chi connectivity index (χ3n) is 4.09. The molecule has 7 nitrogen and oxygen atoms in total. The first-order chi connectivity index (χ1) is 9.98. The average Bonchev–Trinajstić information content (AvgIpc) is 2.49. The van der Waals surface area contributed by atoms with Crippen LogP contribution in [0.4, 0.5) is 5.95 Å². The molecule has 0 saturated carbocycles. The van der Waals surface area contributed by atoms with Gasteiger partial charge in [-0.25, -0.2) is 9.97 Å². The van der Waals surface area contributed by atoms with Gasteiger partial charge in [0.25, 0.3) is 0 Å². The number of morpholine rings is 1. The summed E-state index contributed by atoms with van der Waals surface area (Å²) >= 11 is 0. The Bertz CT molecular complexity index is 528. The lowest BCUT2D eigenvalue weighted by molar-refractivity contribution is -0.130. The molecule has 1 saturated heterocycles. The van der Waals surface area contributed by atoms with Gasteiger partial charge in [-0.15, -0.1) is 0 Å². The van der Waals surface area contributed by atoms with Crippen LogP contribution in [0.3, 0.4) is 0 Å². The van der Waals surface area contributed by atoms with Crippen LogP contribution in [0.5, 0.6) is 0 Å². The highest BCUT2D eigenvalue weighted by atomic mass is 16.5. The van der Waals surface area contributed by atoms with Crippen LogP contribution in [0.1, 0.15) is 19.5 Å². The van der Waals surface area contributed by atoms with E-state index in [9.17, 15) is 4.79 Å². The minimum Gasteiger partial charge on any atom is -0.379 e. The molecule has 114 valence electrons. The predicted octanol–water partition coefficient (Wildman–Crippen LogP) is 0.461. The molecule has 0 radical (unpaired) electrons. The van der Waals surface area contributed by atoms with E-state index >= 15 is 0 Å². The van der Waals surface area contributed by atoms with Crippen molar-refractivity contribution in [3.05, 3.63) is 18.0 Å². The van der Waals surface area contributed by atoms with Crippen LogP contribution in [0.15, 0.2) is 12.3 Å². The molecular formula is C14H21N5O2. The summed E-state index contributed by atoms with van der Waals surface area (Å²) in [6.45, 7) is 5.98. The molecule has 0 amide bonds. The molecular weight excluding hydrogens is 270 g/mol. The van der Waals surface area contributed by atoms with Gasteiger partial charge in [0.1, 0.15) is 11.8 Å². The number of hydrogen-bond acceptors (Lipinski definition) is 7. The molecule has 7 heteroatoms. The number of aldehydes is 1. The summed E-state index contributed by atoms with van der Waals surface area (Å²) in [7, 11) is 0. The fraction of sp³-hybridized carbons (Fsp3) is 0.571. The fourth-order valence-electron chi connectivity index (χ4n) is 2.80. The normalized spacial score (nSPS) is 19.7.